The van der Waals surface area contributed by atoms with Crippen LogP contribution in [0.4, 0.5) is 14.5 Å². The van der Waals surface area contributed by atoms with Crippen molar-refractivity contribution in [2.24, 2.45) is 5.41 Å². The summed E-state index contributed by atoms with van der Waals surface area (Å²) in [6, 6.07) is 13.5. The second kappa shape index (κ2) is 13.7. The van der Waals surface area contributed by atoms with Crippen molar-refractivity contribution in [3.63, 3.8) is 0 Å². The molecule has 10 heteroatoms. The summed E-state index contributed by atoms with van der Waals surface area (Å²) in [7, 11) is 3.04. The number of hydrogen-bond acceptors (Lipinski definition) is 6. The lowest BCUT2D eigenvalue weighted by Gasteiger charge is -2.39. The van der Waals surface area contributed by atoms with E-state index in [0.29, 0.717) is 41.1 Å². The van der Waals surface area contributed by atoms with E-state index in [9.17, 15) is 14.0 Å². The average molecular weight is 606 g/mol. The number of methoxy groups -OCH3 is 2. The lowest BCUT2D eigenvalue weighted by Crippen LogP contribution is -2.54. The zero-order chi connectivity index (χ0) is 32.0. The van der Waals surface area contributed by atoms with Crippen LogP contribution >= 0.6 is 0 Å². The SMILES string of the molecule is CCCCN(C(=O)c1ccc(F)cc1)C(C(=O)Nc1ccc(Oc2ccnc3cc(OC)c(OC)cc23)c(F)c1)C(C)(C)C. The van der Waals surface area contributed by atoms with E-state index in [0.717, 1.165) is 12.5 Å². The molecule has 0 aliphatic heterocycles. The van der Waals surface area contributed by atoms with Gasteiger partial charge in [-0.3, -0.25) is 14.6 Å². The molecule has 0 aliphatic rings. The number of nitrogens with zero attached hydrogens (tertiary/aromatic N) is 2. The van der Waals surface area contributed by atoms with Crippen molar-refractivity contribution in [2.45, 2.75) is 46.6 Å². The van der Waals surface area contributed by atoms with Crippen LogP contribution in [-0.2, 0) is 4.79 Å². The quantitative estimate of drug-likeness (QED) is 0.189. The molecule has 0 spiro atoms. The van der Waals surface area contributed by atoms with Crippen LogP contribution in [-0.4, -0.2) is 48.5 Å². The van der Waals surface area contributed by atoms with Crippen molar-refractivity contribution in [3.05, 3.63) is 84.1 Å². The number of carbonyl (C=O) groups excluding carboxylic acids is 2. The van der Waals surface area contributed by atoms with Gasteiger partial charge in [-0.25, -0.2) is 8.78 Å². The minimum Gasteiger partial charge on any atom is -0.493 e. The van der Waals surface area contributed by atoms with E-state index in [1.165, 1.54) is 55.5 Å². The first-order valence-corrected chi connectivity index (χ1v) is 14.3. The molecule has 4 aromatic rings. The number of fused-ring (bicyclic) bond motifs is 1. The number of halogens is 2. The molecule has 232 valence electrons. The number of aromatic nitrogens is 1. The predicted octanol–water partition coefficient (Wildman–Crippen LogP) is 7.62. The van der Waals surface area contributed by atoms with Gasteiger partial charge in [0.1, 0.15) is 17.6 Å². The molecule has 3 aromatic carbocycles. The third kappa shape index (κ3) is 7.24. The molecule has 0 fully saturated rings. The van der Waals surface area contributed by atoms with Crippen molar-refractivity contribution in [1.82, 2.24) is 9.88 Å². The summed E-state index contributed by atoms with van der Waals surface area (Å²) in [5, 5.41) is 3.37. The summed E-state index contributed by atoms with van der Waals surface area (Å²) < 4.78 is 45.6. The first kappa shape index (κ1) is 32.2. The van der Waals surface area contributed by atoms with Crippen molar-refractivity contribution in [3.8, 4) is 23.0 Å². The second-order valence-corrected chi connectivity index (χ2v) is 11.4. The van der Waals surface area contributed by atoms with E-state index in [4.69, 9.17) is 14.2 Å². The van der Waals surface area contributed by atoms with E-state index in [1.54, 1.807) is 24.4 Å². The van der Waals surface area contributed by atoms with Crippen LogP contribution in [0.25, 0.3) is 10.9 Å². The summed E-state index contributed by atoms with van der Waals surface area (Å²) in [6.07, 6.45) is 3.00. The molecule has 8 nitrogen and oxygen atoms in total. The largest absolute Gasteiger partial charge is 0.493 e. The van der Waals surface area contributed by atoms with E-state index in [-0.39, 0.29) is 22.9 Å². The fourth-order valence-electron chi connectivity index (χ4n) is 4.96. The van der Waals surface area contributed by atoms with Crippen LogP contribution in [0.1, 0.15) is 50.9 Å². The van der Waals surface area contributed by atoms with Crippen LogP contribution in [0, 0.1) is 17.0 Å². The molecule has 1 unspecified atom stereocenters. The minimum atomic E-state index is -0.902. The number of unbranched alkanes of at least 4 members (excludes halogenated alkanes) is 1. The highest BCUT2D eigenvalue weighted by atomic mass is 19.1. The Balaban J connectivity index is 1.60. The Kier molecular flexibility index (Phi) is 10.0. The maximum atomic E-state index is 15.4. The number of hydrogen-bond donors (Lipinski definition) is 1. The maximum Gasteiger partial charge on any atom is 0.254 e. The molecular weight excluding hydrogens is 568 g/mol. The molecule has 0 radical (unpaired) electrons. The van der Waals surface area contributed by atoms with Gasteiger partial charge in [0.05, 0.1) is 19.7 Å². The summed E-state index contributed by atoms with van der Waals surface area (Å²) in [4.78, 5) is 33.2. The van der Waals surface area contributed by atoms with E-state index in [2.05, 4.69) is 10.3 Å². The molecule has 0 saturated heterocycles. The fraction of sp³-hybridized carbons (Fsp3) is 0.324. The molecular formula is C34H37F2N3O5. The molecule has 4 rings (SSSR count). The first-order chi connectivity index (χ1) is 21.0. The number of ether oxygens (including phenoxy) is 3. The molecule has 0 saturated carbocycles. The van der Waals surface area contributed by atoms with E-state index < -0.39 is 29.0 Å². The van der Waals surface area contributed by atoms with Crippen LogP contribution < -0.4 is 19.5 Å². The smallest absolute Gasteiger partial charge is 0.254 e. The van der Waals surface area contributed by atoms with Gasteiger partial charge in [0.25, 0.3) is 5.91 Å². The van der Waals surface area contributed by atoms with Gasteiger partial charge in [-0.15, -0.1) is 0 Å². The zero-order valence-corrected chi connectivity index (χ0v) is 25.7. The highest BCUT2D eigenvalue weighted by molar-refractivity contribution is 6.01. The fourth-order valence-corrected chi connectivity index (χ4v) is 4.96. The molecule has 0 aliphatic carbocycles. The minimum absolute atomic E-state index is 0.0614. The van der Waals surface area contributed by atoms with Crippen molar-refractivity contribution in [2.75, 3.05) is 26.1 Å². The summed E-state index contributed by atoms with van der Waals surface area (Å²) in [5.74, 6) is -0.767. The Labute approximate surface area is 255 Å². The number of nitrogens with one attached hydrogen (secondary N) is 1. The summed E-state index contributed by atoms with van der Waals surface area (Å²) >= 11 is 0. The van der Waals surface area contributed by atoms with Gasteiger partial charge in [0, 0.05) is 41.5 Å². The topological polar surface area (TPSA) is 90.0 Å². The molecule has 44 heavy (non-hydrogen) atoms. The predicted molar refractivity (Wildman–Crippen MR) is 166 cm³/mol. The molecule has 1 heterocycles. The Hall–Kier alpha value is -4.73. The Bertz CT molecular complexity index is 1640. The van der Waals surface area contributed by atoms with Crippen LogP contribution in [0.3, 0.4) is 0 Å². The maximum absolute atomic E-state index is 15.4. The number of anilines is 1. The van der Waals surface area contributed by atoms with Crippen LogP contribution in [0.2, 0.25) is 0 Å². The van der Waals surface area contributed by atoms with Gasteiger partial charge in [0.2, 0.25) is 5.91 Å². The second-order valence-electron chi connectivity index (χ2n) is 11.4. The third-order valence-corrected chi connectivity index (χ3v) is 7.11. The monoisotopic (exact) mass is 605 g/mol. The number of carbonyl (C=O) groups is 2. The highest BCUT2D eigenvalue weighted by Crippen LogP contribution is 2.38. The molecule has 2 amide bonds. The van der Waals surface area contributed by atoms with Gasteiger partial charge in [-0.1, -0.05) is 34.1 Å². The summed E-state index contributed by atoms with van der Waals surface area (Å²) in [5.41, 5.74) is 0.364. The number of benzene rings is 3. The van der Waals surface area contributed by atoms with Gasteiger partial charge in [-0.05, 0) is 60.4 Å². The van der Waals surface area contributed by atoms with E-state index in [1.807, 2.05) is 27.7 Å². The first-order valence-electron chi connectivity index (χ1n) is 14.3. The molecule has 0 bridgehead atoms. The molecule has 1 N–H and O–H groups in total. The highest BCUT2D eigenvalue weighted by Gasteiger charge is 2.39. The molecule has 1 atom stereocenters. The number of rotatable bonds is 11. The van der Waals surface area contributed by atoms with Gasteiger partial charge in [0.15, 0.2) is 23.1 Å². The lowest BCUT2D eigenvalue weighted by atomic mass is 9.84. The lowest BCUT2D eigenvalue weighted by molar-refractivity contribution is -0.124. The average Bonchev–Trinajstić information content (AvgIpc) is 2.99. The van der Waals surface area contributed by atoms with Crippen molar-refractivity contribution in [1.29, 1.82) is 0 Å². The normalized spacial score (nSPS) is 12.0. The van der Waals surface area contributed by atoms with Gasteiger partial charge in [-0.2, -0.15) is 0 Å². The number of amides is 2. The van der Waals surface area contributed by atoms with Crippen LogP contribution in [0.5, 0.6) is 23.0 Å². The Morgan fingerprint density at radius 3 is 2.20 bits per heavy atom. The van der Waals surface area contributed by atoms with Crippen LogP contribution in [0.15, 0.2) is 66.9 Å². The standard InChI is InChI=1S/C34H37F2N3O5/c1-7-8-17-39(33(41)21-9-11-22(35)12-10-21)31(34(2,3)4)32(40)38-23-13-14-28(25(36)18-23)44-27-15-16-37-26-20-30(43-6)29(42-5)19-24(26)27/h9-16,18-20,31H,7-8,17H2,1-6H3,(H,38,40). The Morgan fingerprint density at radius 2 is 1.59 bits per heavy atom. The zero-order valence-electron chi connectivity index (χ0n) is 25.7. The van der Waals surface area contributed by atoms with Gasteiger partial charge < -0.3 is 24.4 Å². The van der Waals surface area contributed by atoms with Crippen molar-refractivity contribution < 1.29 is 32.6 Å². The van der Waals surface area contributed by atoms with Gasteiger partial charge >= 0.3 is 0 Å². The Morgan fingerprint density at radius 1 is 0.909 bits per heavy atom. The number of pyridine rings is 1. The summed E-state index contributed by atoms with van der Waals surface area (Å²) in [6.45, 7) is 7.88. The third-order valence-electron chi connectivity index (χ3n) is 7.11. The van der Waals surface area contributed by atoms with Crippen molar-refractivity contribution >= 4 is 28.4 Å². The molecule has 1 aromatic heterocycles. The van der Waals surface area contributed by atoms with E-state index >= 15 is 4.39 Å².